The minimum absolute atomic E-state index is 0.216. The summed E-state index contributed by atoms with van der Waals surface area (Å²) in [5.74, 6) is 0.852. The van der Waals surface area contributed by atoms with Crippen molar-refractivity contribution in [1.29, 1.82) is 0 Å². The monoisotopic (exact) mass is 274 g/mol. The molecule has 1 aliphatic heterocycles. The van der Waals surface area contributed by atoms with E-state index < -0.39 is 0 Å². The summed E-state index contributed by atoms with van der Waals surface area (Å²) in [5.41, 5.74) is 9.87. The largest absolute Gasteiger partial charge is 0.327 e. The minimum Gasteiger partial charge on any atom is -0.327 e. The Morgan fingerprint density at radius 1 is 1.40 bits per heavy atom. The van der Waals surface area contributed by atoms with Gasteiger partial charge >= 0.3 is 0 Å². The van der Waals surface area contributed by atoms with Gasteiger partial charge in [0.2, 0.25) is 5.91 Å². The summed E-state index contributed by atoms with van der Waals surface area (Å²) in [5, 5.41) is 0. The number of hydrogen-bond donors (Lipinski definition) is 1. The van der Waals surface area contributed by atoms with E-state index in [2.05, 4.69) is 32.0 Å². The van der Waals surface area contributed by atoms with E-state index in [4.69, 9.17) is 5.73 Å². The summed E-state index contributed by atoms with van der Waals surface area (Å²) in [6, 6.07) is 6.68. The molecule has 0 aliphatic carbocycles. The van der Waals surface area contributed by atoms with Crippen LogP contribution in [0.5, 0.6) is 0 Å². The van der Waals surface area contributed by atoms with Crippen molar-refractivity contribution in [1.82, 2.24) is 0 Å². The van der Waals surface area contributed by atoms with Crippen LogP contribution in [0.15, 0.2) is 18.2 Å². The fourth-order valence-electron chi connectivity index (χ4n) is 3.02. The Bertz CT molecular complexity index is 482. The average Bonchev–Trinajstić information content (AvgIpc) is 2.79. The van der Waals surface area contributed by atoms with Crippen LogP contribution in [0, 0.1) is 5.92 Å². The van der Waals surface area contributed by atoms with Crippen LogP contribution >= 0.6 is 0 Å². The summed E-state index contributed by atoms with van der Waals surface area (Å²) >= 11 is 0. The van der Waals surface area contributed by atoms with Crippen molar-refractivity contribution in [3.8, 4) is 0 Å². The lowest BCUT2D eigenvalue weighted by atomic mass is 9.96. The van der Waals surface area contributed by atoms with E-state index in [9.17, 15) is 4.79 Å². The predicted molar refractivity (Wildman–Crippen MR) is 83.9 cm³/mol. The molecule has 2 rings (SSSR count). The molecule has 1 heterocycles. The number of amides is 1. The summed E-state index contributed by atoms with van der Waals surface area (Å²) < 4.78 is 0. The van der Waals surface area contributed by atoms with E-state index in [-0.39, 0.29) is 11.9 Å². The second-order valence-electron chi connectivity index (χ2n) is 6.21. The maximum atomic E-state index is 11.9. The Morgan fingerprint density at radius 2 is 2.15 bits per heavy atom. The van der Waals surface area contributed by atoms with Crippen molar-refractivity contribution in [3.05, 3.63) is 29.3 Å². The van der Waals surface area contributed by atoms with E-state index in [1.54, 1.807) is 0 Å². The molecule has 1 aliphatic rings. The molecule has 3 nitrogen and oxygen atoms in total. The predicted octanol–water partition coefficient (Wildman–Crippen LogP) is 2.90. The molecular formula is C17H26N2O. The van der Waals surface area contributed by atoms with Gasteiger partial charge in [-0.3, -0.25) is 4.79 Å². The lowest BCUT2D eigenvalue weighted by molar-refractivity contribution is -0.118. The molecule has 0 saturated heterocycles. The highest BCUT2D eigenvalue weighted by molar-refractivity contribution is 5.95. The summed E-state index contributed by atoms with van der Waals surface area (Å²) in [6.07, 6.45) is 3.51. The molecule has 0 saturated carbocycles. The van der Waals surface area contributed by atoms with Gasteiger partial charge in [-0.15, -0.1) is 0 Å². The van der Waals surface area contributed by atoms with Gasteiger partial charge in [0.1, 0.15) is 0 Å². The molecule has 1 atom stereocenters. The third kappa shape index (κ3) is 3.40. The van der Waals surface area contributed by atoms with Gasteiger partial charge in [0.05, 0.1) is 0 Å². The zero-order valence-corrected chi connectivity index (χ0v) is 12.9. The lowest BCUT2D eigenvalue weighted by Gasteiger charge is -2.17. The molecule has 0 aromatic heterocycles. The Kier molecular flexibility index (Phi) is 4.81. The number of fused-ring (bicyclic) bond motifs is 1. The van der Waals surface area contributed by atoms with E-state index in [0.717, 1.165) is 31.5 Å². The van der Waals surface area contributed by atoms with Crippen molar-refractivity contribution in [2.24, 2.45) is 11.7 Å². The number of nitrogens with zero attached hydrogens (tertiary/aromatic N) is 1. The van der Waals surface area contributed by atoms with Crippen LogP contribution < -0.4 is 10.6 Å². The number of carbonyl (C=O) groups excluding carboxylic acids is 1. The topological polar surface area (TPSA) is 46.3 Å². The molecule has 0 spiro atoms. The zero-order valence-electron chi connectivity index (χ0n) is 12.9. The second kappa shape index (κ2) is 6.40. The number of rotatable bonds is 5. The van der Waals surface area contributed by atoms with Gasteiger partial charge in [0, 0.05) is 24.7 Å². The second-order valence-corrected chi connectivity index (χ2v) is 6.21. The fourth-order valence-corrected chi connectivity index (χ4v) is 3.02. The molecule has 3 heteroatoms. The quantitative estimate of drug-likeness (QED) is 0.897. The summed E-state index contributed by atoms with van der Waals surface area (Å²) in [6.45, 7) is 7.15. The minimum atomic E-state index is 0.216. The van der Waals surface area contributed by atoms with Crippen molar-refractivity contribution in [2.45, 2.75) is 52.5 Å². The van der Waals surface area contributed by atoms with E-state index in [0.29, 0.717) is 12.3 Å². The molecule has 1 amide bonds. The Hall–Kier alpha value is -1.35. The van der Waals surface area contributed by atoms with Crippen LogP contribution in [-0.2, 0) is 17.6 Å². The molecule has 20 heavy (non-hydrogen) atoms. The maximum Gasteiger partial charge on any atom is 0.226 e. The van der Waals surface area contributed by atoms with Gasteiger partial charge in [0.25, 0.3) is 0 Å². The third-order valence-electron chi connectivity index (χ3n) is 3.91. The van der Waals surface area contributed by atoms with E-state index in [1.807, 2.05) is 11.8 Å². The SMILES string of the molecule is CCC(=O)N1CCc2cc(CC(N)CC(C)C)ccc21. The zero-order chi connectivity index (χ0) is 14.7. The van der Waals surface area contributed by atoms with Gasteiger partial charge in [-0.25, -0.2) is 0 Å². The Morgan fingerprint density at radius 3 is 2.80 bits per heavy atom. The van der Waals surface area contributed by atoms with Crippen LogP contribution in [0.2, 0.25) is 0 Å². The molecule has 0 bridgehead atoms. The summed E-state index contributed by atoms with van der Waals surface area (Å²) in [4.78, 5) is 13.8. The first-order valence-corrected chi connectivity index (χ1v) is 7.69. The van der Waals surface area contributed by atoms with Crippen molar-refractivity contribution < 1.29 is 4.79 Å². The smallest absolute Gasteiger partial charge is 0.226 e. The van der Waals surface area contributed by atoms with Gasteiger partial charge in [-0.05, 0) is 42.4 Å². The molecule has 1 unspecified atom stereocenters. The van der Waals surface area contributed by atoms with Crippen LogP contribution in [0.4, 0.5) is 5.69 Å². The third-order valence-corrected chi connectivity index (χ3v) is 3.91. The molecule has 110 valence electrons. The van der Waals surface area contributed by atoms with Crippen molar-refractivity contribution >= 4 is 11.6 Å². The van der Waals surface area contributed by atoms with E-state index >= 15 is 0 Å². The van der Waals surface area contributed by atoms with Gasteiger partial charge < -0.3 is 10.6 Å². The molecular weight excluding hydrogens is 248 g/mol. The molecule has 1 aromatic rings. The van der Waals surface area contributed by atoms with Gasteiger partial charge in [-0.2, -0.15) is 0 Å². The standard InChI is InChI=1S/C17H26N2O/c1-4-17(20)19-8-7-14-10-13(5-6-16(14)19)11-15(18)9-12(2)3/h5-6,10,12,15H,4,7-9,11,18H2,1-3H3. The fraction of sp³-hybridized carbons (Fsp3) is 0.588. The highest BCUT2D eigenvalue weighted by Crippen LogP contribution is 2.29. The number of hydrogen-bond acceptors (Lipinski definition) is 2. The van der Waals surface area contributed by atoms with E-state index in [1.165, 1.54) is 11.1 Å². The normalized spacial score (nSPS) is 15.6. The highest BCUT2D eigenvalue weighted by Gasteiger charge is 2.23. The van der Waals surface area contributed by atoms with Crippen LogP contribution in [-0.4, -0.2) is 18.5 Å². The van der Waals surface area contributed by atoms with Crippen LogP contribution in [0.3, 0.4) is 0 Å². The first-order valence-electron chi connectivity index (χ1n) is 7.69. The van der Waals surface area contributed by atoms with Crippen molar-refractivity contribution in [3.63, 3.8) is 0 Å². The van der Waals surface area contributed by atoms with Gasteiger partial charge in [0.15, 0.2) is 0 Å². The number of anilines is 1. The average molecular weight is 274 g/mol. The Balaban J connectivity index is 2.08. The molecule has 0 radical (unpaired) electrons. The molecule has 2 N–H and O–H groups in total. The first-order chi connectivity index (χ1) is 9.51. The molecule has 0 fully saturated rings. The lowest BCUT2D eigenvalue weighted by Crippen LogP contribution is -2.27. The highest BCUT2D eigenvalue weighted by atomic mass is 16.2. The van der Waals surface area contributed by atoms with Crippen LogP contribution in [0.25, 0.3) is 0 Å². The molecule has 1 aromatic carbocycles. The van der Waals surface area contributed by atoms with Crippen molar-refractivity contribution in [2.75, 3.05) is 11.4 Å². The Labute approximate surface area is 122 Å². The number of nitrogens with two attached hydrogens (primary N) is 1. The maximum absolute atomic E-state index is 11.9. The number of benzene rings is 1. The number of carbonyl (C=O) groups is 1. The van der Waals surface area contributed by atoms with Gasteiger partial charge in [-0.1, -0.05) is 32.9 Å². The first kappa shape index (κ1) is 15.0. The summed E-state index contributed by atoms with van der Waals surface area (Å²) in [7, 11) is 0. The van der Waals surface area contributed by atoms with Crippen LogP contribution in [0.1, 0.15) is 44.7 Å².